The summed E-state index contributed by atoms with van der Waals surface area (Å²) in [5.41, 5.74) is 5.02. The monoisotopic (exact) mass is 316 g/mol. The number of nitrogens with one attached hydrogen (secondary N) is 1. The molecular formula is C18H24N2OS. The topological polar surface area (TPSA) is 41.5 Å². The Morgan fingerprint density at radius 1 is 1.27 bits per heavy atom. The fourth-order valence-corrected chi connectivity index (χ4v) is 4.43. The van der Waals surface area contributed by atoms with Crippen LogP contribution in [0.25, 0.3) is 0 Å². The lowest BCUT2D eigenvalue weighted by Crippen LogP contribution is -2.34. The maximum Gasteiger partial charge on any atom is 0.271 e. The molecule has 1 aromatic carbocycles. The van der Waals surface area contributed by atoms with Crippen LogP contribution in [0, 0.1) is 16.7 Å². The maximum atomic E-state index is 12.2. The van der Waals surface area contributed by atoms with Gasteiger partial charge in [-0.15, -0.1) is 11.8 Å². The Morgan fingerprint density at radius 2 is 1.95 bits per heavy atom. The Kier molecular flexibility index (Phi) is 3.84. The Labute approximate surface area is 136 Å². The first-order valence-electron chi connectivity index (χ1n) is 7.90. The second-order valence-electron chi connectivity index (χ2n) is 7.22. The largest absolute Gasteiger partial charge is 0.271 e. The average molecular weight is 316 g/mol. The first-order valence-corrected chi connectivity index (χ1v) is 9.12. The molecule has 3 nitrogen and oxygen atoms in total. The lowest BCUT2D eigenvalue weighted by molar-refractivity contribution is 0.0954. The zero-order chi connectivity index (χ0) is 16.0. The van der Waals surface area contributed by atoms with Gasteiger partial charge in [-0.25, -0.2) is 5.43 Å². The summed E-state index contributed by atoms with van der Waals surface area (Å²) in [6.07, 6.45) is 5.52. The Balaban J connectivity index is 1.73. The van der Waals surface area contributed by atoms with Gasteiger partial charge in [-0.3, -0.25) is 4.79 Å². The Morgan fingerprint density at radius 3 is 2.45 bits per heavy atom. The summed E-state index contributed by atoms with van der Waals surface area (Å²) >= 11 is 1.67. The molecular weight excluding hydrogens is 292 g/mol. The summed E-state index contributed by atoms with van der Waals surface area (Å²) in [7, 11) is 0. The van der Waals surface area contributed by atoms with Crippen LogP contribution in [0.15, 0.2) is 34.3 Å². The number of hydrogen-bond donors (Lipinski definition) is 1. The molecule has 2 fully saturated rings. The van der Waals surface area contributed by atoms with Crippen LogP contribution < -0.4 is 5.43 Å². The number of thioether (sulfide) groups is 1. The van der Waals surface area contributed by atoms with Gasteiger partial charge in [0, 0.05) is 21.6 Å². The van der Waals surface area contributed by atoms with Crippen LogP contribution in [0.2, 0.25) is 0 Å². The highest BCUT2D eigenvalue weighted by atomic mass is 32.2. The number of carbonyl (C=O) groups is 1. The van der Waals surface area contributed by atoms with Crippen LogP contribution in [0.3, 0.4) is 0 Å². The van der Waals surface area contributed by atoms with E-state index < -0.39 is 0 Å². The first-order chi connectivity index (χ1) is 10.4. The molecule has 0 aliphatic heterocycles. The van der Waals surface area contributed by atoms with Gasteiger partial charge >= 0.3 is 0 Å². The summed E-state index contributed by atoms with van der Waals surface area (Å²) in [5.74, 6) is 0.582. The summed E-state index contributed by atoms with van der Waals surface area (Å²) in [5, 5.41) is 4.50. The standard InChI is InChI=1S/C18H24N2OS/c1-17(2)13-9-10-18(17,3)15(11-13)19-20-16(21)12-5-7-14(22-4)8-6-12/h5-8,13H,9-11H2,1-4H3,(H,20,21)/b19-15-/t13-,18-/m1/s1. The lowest BCUT2D eigenvalue weighted by Gasteiger charge is -2.34. The minimum absolute atomic E-state index is 0.121. The van der Waals surface area contributed by atoms with Crippen molar-refractivity contribution in [2.45, 2.75) is 44.9 Å². The highest BCUT2D eigenvalue weighted by Crippen LogP contribution is 2.63. The number of hydrogen-bond acceptors (Lipinski definition) is 3. The quantitative estimate of drug-likeness (QED) is 0.665. The molecule has 118 valence electrons. The molecule has 2 bridgehead atoms. The van der Waals surface area contributed by atoms with E-state index in [2.05, 4.69) is 31.3 Å². The van der Waals surface area contributed by atoms with E-state index in [1.807, 2.05) is 30.5 Å². The van der Waals surface area contributed by atoms with Gasteiger partial charge in [-0.05, 0) is 61.1 Å². The predicted molar refractivity (Wildman–Crippen MR) is 92.4 cm³/mol. The van der Waals surface area contributed by atoms with E-state index in [0.717, 1.165) is 11.3 Å². The van der Waals surface area contributed by atoms with E-state index in [4.69, 9.17) is 0 Å². The van der Waals surface area contributed by atoms with Gasteiger partial charge in [-0.2, -0.15) is 5.10 Å². The van der Waals surface area contributed by atoms with Crippen molar-refractivity contribution < 1.29 is 4.79 Å². The highest BCUT2D eigenvalue weighted by Gasteiger charge is 2.59. The molecule has 2 saturated carbocycles. The smallest absolute Gasteiger partial charge is 0.267 e. The molecule has 1 aromatic rings. The normalized spacial score (nSPS) is 30.7. The number of benzene rings is 1. The van der Waals surface area contributed by atoms with Crippen LogP contribution in [0.5, 0.6) is 0 Å². The number of amides is 1. The number of hydrazone groups is 1. The van der Waals surface area contributed by atoms with Crippen LogP contribution in [-0.4, -0.2) is 17.9 Å². The van der Waals surface area contributed by atoms with Crippen molar-refractivity contribution in [2.75, 3.05) is 6.26 Å². The third kappa shape index (κ3) is 2.28. The van der Waals surface area contributed by atoms with Gasteiger partial charge in [0.25, 0.3) is 5.91 Å². The van der Waals surface area contributed by atoms with Gasteiger partial charge in [0.15, 0.2) is 0 Å². The zero-order valence-corrected chi connectivity index (χ0v) is 14.6. The van der Waals surface area contributed by atoms with Crippen molar-refractivity contribution in [3.63, 3.8) is 0 Å². The average Bonchev–Trinajstić information content (AvgIpc) is 2.85. The van der Waals surface area contributed by atoms with Crippen molar-refractivity contribution in [1.29, 1.82) is 0 Å². The maximum absolute atomic E-state index is 12.2. The molecule has 0 saturated heterocycles. The molecule has 1 N–H and O–H groups in total. The predicted octanol–water partition coefficient (Wildman–Crippen LogP) is 4.34. The second-order valence-corrected chi connectivity index (χ2v) is 8.10. The van der Waals surface area contributed by atoms with E-state index in [0.29, 0.717) is 11.5 Å². The van der Waals surface area contributed by atoms with Gasteiger partial charge in [0.2, 0.25) is 0 Å². The van der Waals surface area contributed by atoms with Gasteiger partial charge in [0.1, 0.15) is 0 Å². The molecule has 2 atom stereocenters. The summed E-state index contributed by atoms with van der Waals surface area (Å²) in [6.45, 7) is 6.99. The van der Waals surface area contributed by atoms with Crippen LogP contribution in [-0.2, 0) is 0 Å². The van der Waals surface area contributed by atoms with E-state index >= 15 is 0 Å². The lowest BCUT2D eigenvalue weighted by atomic mass is 9.70. The molecule has 0 radical (unpaired) electrons. The van der Waals surface area contributed by atoms with Crippen molar-refractivity contribution in [3.8, 4) is 0 Å². The van der Waals surface area contributed by atoms with Gasteiger partial charge in [-0.1, -0.05) is 20.8 Å². The number of rotatable bonds is 3. The molecule has 0 heterocycles. The minimum Gasteiger partial charge on any atom is -0.267 e. The van der Waals surface area contributed by atoms with Crippen molar-refractivity contribution in [2.24, 2.45) is 21.8 Å². The molecule has 4 heteroatoms. The minimum atomic E-state index is -0.121. The first kappa shape index (κ1) is 15.6. The molecule has 0 aromatic heterocycles. The van der Waals surface area contributed by atoms with E-state index in [9.17, 15) is 4.79 Å². The highest BCUT2D eigenvalue weighted by molar-refractivity contribution is 7.98. The van der Waals surface area contributed by atoms with Crippen LogP contribution in [0.4, 0.5) is 0 Å². The molecule has 0 unspecified atom stereocenters. The second kappa shape index (κ2) is 5.41. The molecule has 1 amide bonds. The third-order valence-corrected chi connectivity index (χ3v) is 6.90. The number of carbonyl (C=O) groups excluding carboxylic acids is 1. The fraction of sp³-hybridized carbons (Fsp3) is 0.556. The van der Waals surface area contributed by atoms with E-state index in [1.165, 1.54) is 18.6 Å². The third-order valence-electron chi connectivity index (χ3n) is 6.16. The van der Waals surface area contributed by atoms with Gasteiger partial charge in [0.05, 0.1) is 0 Å². The van der Waals surface area contributed by atoms with Crippen molar-refractivity contribution in [1.82, 2.24) is 5.43 Å². The fourth-order valence-electron chi connectivity index (χ4n) is 4.02. The number of nitrogens with zero attached hydrogens (tertiary/aromatic N) is 1. The number of fused-ring (bicyclic) bond motifs is 2. The van der Waals surface area contributed by atoms with Crippen molar-refractivity contribution in [3.05, 3.63) is 29.8 Å². The van der Waals surface area contributed by atoms with Crippen LogP contribution in [0.1, 0.15) is 50.4 Å². The SMILES string of the molecule is CSc1ccc(C(=O)N/N=C2/C[C@H]3CC[C@@]2(C)C3(C)C)cc1. The Bertz CT molecular complexity index is 620. The van der Waals surface area contributed by atoms with Crippen molar-refractivity contribution >= 4 is 23.4 Å². The molecule has 3 rings (SSSR count). The summed E-state index contributed by atoms with van der Waals surface area (Å²) in [4.78, 5) is 13.4. The zero-order valence-electron chi connectivity index (χ0n) is 13.8. The summed E-state index contributed by atoms with van der Waals surface area (Å²) < 4.78 is 0. The molecule has 2 aliphatic rings. The Hall–Kier alpha value is -1.29. The summed E-state index contributed by atoms with van der Waals surface area (Å²) in [6, 6.07) is 7.64. The van der Waals surface area contributed by atoms with Crippen LogP contribution >= 0.6 is 11.8 Å². The van der Waals surface area contributed by atoms with E-state index in [-0.39, 0.29) is 16.7 Å². The van der Waals surface area contributed by atoms with E-state index in [1.54, 1.807) is 11.8 Å². The molecule has 22 heavy (non-hydrogen) atoms. The molecule has 0 spiro atoms. The van der Waals surface area contributed by atoms with Gasteiger partial charge < -0.3 is 0 Å². The molecule has 2 aliphatic carbocycles.